The van der Waals surface area contributed by atoms with Crippen molar-refractivity contribution in [1.29, 1.82) is 0 Å². The lowest BCUT2D eigenvalue weighted by molar-refractivity contribution is -0.110. The van der Waals surface area contributed by atoms with Gasteiger partial charge in [-0.25, -0.2) is 9.18 Å². The lowest BCUT2D eigenvalue weighted by Crippen LogP contribution is -2.39. The highest BCUT2D eigenvalue weighted by Crippen LogP contribution is 2.46. The summed E-state index contributed by atoms with van der Waals surface area (Å²) in [6.07, 6.45) is 1.10. The zero-order chi connectivity index (χ0) is 35.5. The molecule has 14 heteroatoms. The number of aryl methyl sites for hydroxylation is 1. The number of benzene rings is 3. The number of nitrogens with two attached hydrogens (primary N) is 1. The molecule has 1 atom stereocenters. The lowest BCUT2D eigenvalue weighted by Gasteiger charge is -2.22. The molecule has 1 unspecified atom stereocenters. The van der Waals surface area contributed by atoms with E-state index in [1.54, 1.807) is 26.0 Å². The van der Waals surface area contributed by atoms with Crippen LogP contribution in [0.5, 0.6) is 0 Å². The SMILES string of the molecule is CCN(CCNC(=O)c1c(C)[nH]c(C=C2C(=O)Nc3ccc(F)cc32)c1C)C(=O)OCC1c2ccccc2-c2c(C(=O)NCCN)cccc21.Cl.Cl. The van der Waals surface area contributed by atoms with Gasteiger partial charge in [0, 0.05) is 66.8 Å². The van der Waals surface area contributed by atoms with Crippen molar-refractivity contribution in [3.05, 3.63) is 111 Å². The van der Waals surface area contributed by atoms with Gasteiger partial charge in [0.05, 0.1) is 11.1 Å². The van der Waals surface area contributed by atoms with Gasteiger partial charge >= 0.3 is 6.09 Å². The van der Waals surface area contributed by atoms with E-state index < -0.39 is 11.9 Å². The molecule has 6 N–H and O–H groups in total. The van der Waals surface area contributed by atoms with Crippen LogP contribution in [0.1, 0.15) is 67.2 Å². The predicted octanol–water partition coefficient (Wildman–Crippen LogP) is 5.80. The Hall–Kier alpha value is -5.17. The standard InChI is InChI=1S/C38H39FN6O5.2ClH/c1-4-45(38(49)50-20-30-24-8-5-6-9-25(24)34-26(30)10-7-11-27(34)35(46)41-15-14-40)17-16-42-37(48)33-21(2)32(43-22(33)3)19-29-28-18-23(39)12-13-31(28)44-36(29)47;;/h5-13,18-19,30,43H,4,14-17,20,40H2,1-3H3,(H,41,46)(H,42,48)(H,44,47);2*1H. The fourth-order valence-electron chi connectivity index (χ4n) is 6.73. The molecular formula is C38H41Cl2FN6O5. The minimum absolute atomic E-state index is 0. The summed E-state index contributed by atoms with van der Waals surface area (Å²) in [7, 11) is 0. The third-order valence-electron chi connectivity index (χ3n) is 9.19. The molecule has 0 radical (unpaired) electrons. The van der Waals surface area contributed by atoms with Crippen LogP contribution in [0.2, 0.25) is 0 Å². The van der Waals surface area contributed by atoms with E-state index in [1.165, 1.54) is 23.1 Å². The Kier molecular flexibility index (Phi) is 12.9. The molecule has 1 aliphatic heterocycles. The number of amides is 4. The number of fused-ring (bicyclic) bond motifs is 4. The van der Waals surface area contributed by atoms with Gasteiger partial charge in [0.2, 0.25) is 0 Å². The fraction of sp³-hybridized carbons (Fsp3) is 0.263. The number of ether oxygens (including phenoxy) is 1. The smallest absolute Gasteiger partial charge is 0.409 e. The van der Waals surface area contributed by atoms with Crippen molar-refractivity contribution in [3.63, 3.8) is 0 Å². The normalized spacial score (nSPS) is 14.3. The van der Waals surface area contributed by atoms with Crippen LogP contribution in [0.15, 0.2) is 60.7 Å². The van der Waals surface area contributed by atoms with E-state index in [1.807, 2.05) is 43.3 Å². The van der Waals surface area contributed by atoms with E-state index in [4.69, 9.17) is 10.5 Å². The minimum Gasteiger partial charge on any atom is -0.448 e. The van der Waals surface area contributed by atoms with Crippen molar-refractivity contribution in [2.75, 3.05) is 44.6 Å². The van der Waals surface area contributed by atoms with Crippen molar-refractivity contribution < 1.29 is 28.3 Å². The first-order valence-electron chi connectivity index (χ1n) is 16.5. The molecule has 1 aliphatic carbocycles. The highest BCUT2D eigenvalue weighted by Gasteiger charge is 2.33. The number of hydrogen-bond acceptors (Lipinski definition) is 6. The zero-order valence-corrected chi connectivity index (χ0v) is 30.6. The summed E-state index contributed by atoms with van der Waals surface area (Å²) >= 11 is 0. The molecule has 0 bridgehead atoms. The van der Waals surface area contributed by atoms with Crippen LogP contribution in [-0.4, -0.2) is 73.0 Å². The molecule has 274 valence electrons. The predicted molar refractivity (Wildman–Crippen MR) is 204 cm³/mol. The van der Waals surface area contributed by atoms with Crippen LogP contribution in [0, 0.1) is 19.7 Å². The van der Waals surface area contributed by atoms with Crippen LogP contribution in [0.4, 0.5) is 14.9 Å². The summed E-state index contributed by atoms with van der Waals surface area (Å²) in [5, 5.41) is 8.47. The molecule has 3 aromatic carbocycles. The van der Waals surface area contributed by atoms with Crippen LogP contribution >= 0.6 is 24.8 Å². The van der Waals surface area contributed by atoms with E-state index in [-0.39, 0.29) is 68.1 Å². The van der Waals surface area contributed by atoms with Gasteiger partial charge in [-0.3, -0.25) is 14.4 Å². The summed E-state index contributed by atoms with van der Waals surface area (Å²) in [6.45, 7) is 6.89. The number of hydrogen-bond donors (Lipinski definition) is 5. The third-order valence-corrected chi connectivity index (χ3v) is 9.19. The van der Waals surface area contributed by atoms with Crippen molar-refractivity contribution in [2.24, 2.45) is 5.73 Å². The number of anilines is 1. The first-order chi connectivity index (χ1) is 24.1. The summed E-state index contributed by atoms with van der Waals surface area (Å²) in [4.78, 5) is 56.8. The molecule has 4 amide bonds. The summed E-state index contributed by atoms with van der Waals surface area (Å²) < 4.78 is 19.8. The van der Waals surface area contributed by atoms with Crippen LogP contribution in [-0.2, 0) is 9.53 Å². The Morgan fingerprint density at radius 1 is 0.962 bits per heavy atom. The molecule has 0 spiro atoms. The van der Waals surface area contributed by atoms with E-state index in [9.17, 15) is 23.6 Å². The maximum absolute atomic E-state index is 13.9. The van der Waals surface area contributed by atoms with E-state index in [2.05, 4.69) is 20.9 Å². The third kappa shape index (κ3) is 7.69. The quantitative estimate of drug-likeness (QED) is 0.122. The maximum Gasteiger partial charge on any atom is 0.409 e. The van der Waals surface area contributed by atoms with Crippen LogP contribution in [0.25, 0.3) is 22.8 Å². The summed E-state index contributed by atoms with van der Waals surface area (Å²) in [6, 6.07) is 17.5. The number of rotatable bonds is 11. The molecule has 0 saturated carbocycles. The Morgan fingerprint density at radius 3 is 2.44 bits per heavy atom. The van der Waals surface area contributed by atoms with Crippen LogP contribution < -0.4 is 21.7 Å². The van der Waals surface area contributed by atoms with E-state index >= 15 is 0 Å². The Labute approximate surface area is 313 Å². The fourth-order valence-corrected chi connectivity index (χ4v) is 6.73. The topological polar surface area (TPSA) is 159 Å². The second kappa shape index (κ2) is 16.9. The molecule has 2 aliphatic rings. The van der Waals surface area contributed by atoms with Crippen molar-refractivity contribution in [3.8, 4) is 11.1 Å². The molecule has 52 heavy (non-hydrogen) atoms. The number of aromatic nitrogens is 1. The van der Waals surface area contributed by atoms with Gasteiger partial charge < -0.3 is 36.3 Å². The first-order valence-corrected chi connectivity index (χ1v) is 16.5. The molecular weight excluding hydrogens is 710 g/mol. The molecule has 4 aromatic rings. The minimum atomic E-state index is -0.515. The number of halogens is 3. The molecule has 1 aromatic heterocycles. The highest BCUT2D eigenvalue weighted by atomic mass is 35.5. The second-order valence-corrected chi connectivity index (χ2v) is 12.2. The first kappa shape index (κ1) is 39.6. The van der Waals surface area contributed by atoms with Crippen molar-refractivity contribution in [2.45, 2.75) is 26.7 Å². The zero-order valence-electron chi connectivity index (χ0n) is 28.9. The van der Waals surface area contributed by atoms with Gasteiger partial charge in [0.25, 0.3) is 17.7 Å². The summed E-state index contributed by atoms with van der Waals surface area (Å²) in [5.74, 6) is -1.61. The molecule has 0 fully saturated rings. The Balaban J connectivity index is 0.00000302. The van der Waals surface area contributed by atoms with Gasteiger partial charge in [-0.2, -0.15) is 0 Å². The van der Waals surface area contributed by atoms with Gasteiger partial charge in [0.15, 0.2) is 0 Å². The number of H-pyrrole nitrogens is 1. The van der Waals surface area contributed by atoms with E-state index in [0.717, 1.165) is 22.3 Å². The monoisotopic (exact) mass is 750 g/mol. The number of carbonyl (C=O) groups is 4. The number of likely N-dealkylation sites (N-methyl/N-ethyl adjacent to an activating group) is 1. The van der Waals surface area contributed by atoms with Crippen molar-refractivity contribution >= 4 is 66.0 Å². The van der Waals surface area contributed by atoms with Gasteiger partial charge in [0.1, 0.15) is 12.4 Å². The van der Waals surface area contributed by atoms with Gasteiger partial charge in [-0.05, 0) is 78.9 Å². The number of aromatic amines is 1. The highest BCUT2D eigenvalue weighted by molar-refractivity contribution is 6.35. The largest absolute Gasteiger partial charge is 0.448 e. The summed E-state index contributed by atoms with van der Waals surface area (Å²) in [5.41, 5.74) is 13.3. The molecule has 2 heterocycles. The Morgan fingerprint density at radius 2 is 1.69 bits per heavy atom. The van der Waals surface area contributed by atoms with Crippen molar-refractivity contribution in [1.82, 2.24) is 20.5 Å². The number of nitrogens with one attached hydrogen (secondary N) is 4. The number of carbonyl (C=O) groups excluding carboxylic acids is 4. The van der Waals surface area contributed by atoms with Crippen LogP contribution in [0.3, 0.4) is 0 Å². The van der Waals surface area contributed by atoms with E-state index in [0.29, 0.717) is 64.5 Å². The Bertz CT molecular complexity index is 2050. The van der Waals surface area contributed by atoms with Gasteiger partial charge in [-0.1, -0.05) is 36.4 Å². The number of nitrogens with zero attached hydrogens (tertiary/aromatic N) is 1. The molecule has 6 rings (SSSR count). The van der Waals surface area contributed by atoms with Gasteiger partial charge in [-0.15, -0.1) is 24.8 Å². The molecule has 11 nitrogen and oxygen atoms in total. The molecule has 0 saturated heterocycles. The average molecular weight is 752 g/mol. The average Bonchev–Trinajstić information content (AvgIpc) is 3.71. The maximum atomic E-state index is 13.9. The lowest BCUT2D eigenvalue weighted by atomic mass is 9.96. The second-order valence-electron chi connectivity index (χ2n) is 12.2.